The minimum absolute atomic E-state index is 0.556. The van der Waals surface area contributed by atoms with E-state index in [0.29, 0.717) is 12.1 Å². The largest absolute Gasteiger partial charge is 0.378 e. The van der Waals surface area contributed by atoms with E-state index in [1.807, 2.05) is 11.8 Å². The van der Waals surface area contributed by atoms with E-state index in [2.05, 4.69) is 18.5 Å². The van der Waals surface area contributed by atoms with Gasteiger partial charge in [0.2, 0.25) is 0 Å². The minimum Gasteiger partial charge on any atom is -0.378 e. The van der Waals surface area contributed by atoms with Crippen molar-refractivity contribution in [2.75, 3.05) is 25.2 Å². The van der Waals surface area contributed by atoms with Crippen molar-refractivity contribution in [1.29, 1.82) is 0 Å². The third kappa shape index (κ3) is 5.79. The summed E-state index contributed by atoms with van der Waals surface area (Å²) in [5.74, 6) is 1.27. The Balaban J connectivity index is 2.11. The number of nitrogens with one attached hydrogen (secondary N) is 1. The zero-order valence-corrected chi connectivity index (χ0v) is 10.9. The fourth-order valence-electron chi connectivity index (χ4n) is 2.16. The molecule has 1 heterocycles. The summed E-state index contributed by atoms with van der Waals surface area (Å²) in [5.41, 5.74) is 0. The van der Waals surface area contributed by atoms with Crippen molar-refractivity contribution >= 4 is 11.8 Å². The van der Waals surface area contributed by atoms with Crippen LogP contribution in [-0.4, -0.2) is 37.3 Å². The highest BCUT2D eigenvalue weighted by atomic mass is 32.2. The lowest BCUT2D eigenvalue weighted by Crippen LogP contribution is -2.30. The molecule has 0 aromatic heterocycles. The van der Waals surface area contributed by atoms with E-state index < -0.39 is 0 Å². The first-order valence-electron chi connectivity index (χ1n) is 6.20. The van der Waals surface area contributed by atoms with Crippen molar-refractivity contribution in [3.8, 4) is 0 Å². The maximum Gasteiger partial charge on any atom is 0.0576 e. The third-order valence-corrected chi connectivity index (χ3v) is 3.67. The van der Waals surface area contributed by atoms with Crippen LogP contribution in [0.3, 0.4) is 0 Å². The van der Waals surface area contributed by atoms with E-state index in [9.17, 15) is 0 Å². The van der Waals surface area contributed by atoms with Crippen LogP contribution in [0.4, 0.5) is 0 Å². The Morgan fingerprint density at radius 2 is 2.33 bits per heavy atom. The van der Waals surface area contributed by atoms with Gasteiger partial charge >= 0.3 is 0 Å². The molecule has 0 spiro atoms. The maximum atomic E-state index is 5.65. The highest BCUT2D eigenvalue weighted by Crippen LogP contribution is 2.18. The van der Waals surface area contributed by atoms with Gasteiger partial charge in [-0.1, -0.05) is 6.92 Å². The molecule has 0 saturated carbocycles. The van der Waals surface area contributed by atoms with Crippen molar-refractivity contribution < 1.29 is 4.74 Å². The van der Waals surface area contributed by atoms with Gasteiger partial charge in [0.05, 0.1) is 6.10 Å². The van der Waals surface area contributed by atoms with Gasteiger partial charge in [0.25, 0.3) is 0 Å². The molecule has 0 aromatic carbocycles. The molecule has 0 bridgehead atoms. The predicted octanol–water partition coefficient (Wildman–Crippen LogP) is 2.68. The van der Waals surface area contributed by atoms with Crippen LogP contribution in [0.15, 0.2) is 0 Å². The van der Waals surface area contributed by atoms with Gasteiger partial charge in [0.1, 0.15) is 0 Å². The Kier molecular flexibility index (Phi) is 7.49. The molecule has 0 amide bonds. The van der Waals surface area contributed by atoms with Crippen LogP contribution >= 0.6 is 11.8 Å². The molecular weight excluding hydrogens is 206 g/mol. The summed E-state index contributed by atoms with van der Waals surface area (Å²) < 4.78 is 5.65. The Bertz CT molecular complexity index is 149. The lowest BCUT2D eigenvalue weighted by Gasteiger charge is -2.19. The van der Waals surface area contributed by atoms with Gasteiger partial charge in [0.15, 0.2) is 0 Å². The lowest BCUT2D eigenvalue weighted by atomic mass is 10.0. The average Bonchev–Trinajstić information content (AvgIpc) is 2.75. The summed E-state index contributed by atoms with van der Waals surface area (Å²) in [6, 6.07) is 0.701. The zero-order valence-electron chi connectivity index (χ0n) is 10.1. The molecule has 2 nitrogen and oxygen atoms in total. The van der Waals surface area contributed by atoms with Crippen LogP contribution in [0.2, 0.25) is 0 Å². The normalized spacial score (nSPS) is 23.2. The number of rotatable bonds is 8. The fraction of sp³-hybridized carbons (Fsp3) is 1.00. The van der Waals surface area contributed by atoms with Gasteiger partial charge in [-0.2, -0.15) is 11.8 Å². The van der Waals surface area contributed by atoms with E-state index in [1.165, 1.54) is 37.9 Å². The first-order valence-corrected chi connectivity index (χ1v) is 7.60. The summed E-state index contributed by atoms with van der Waals surface area (Å²) in [4.78, 5) is 0. The van der Waals surface area contributed by atoms with E-state index in [4.69, 9.17) is 4.74 Å². The smallest absolute Gasteiger partial charge is 0.0576 e. The second-order valence-corrected chi connectivity index (χ2v) is 5.23. The standard InChI is InChI=1S/C12H25NOS/c1-3-13-11(8-10-15-2)6-7-12-5-4-9-14-12/h11-13H,3-10H2,1-2H3. The molecule has 0 aromatic rings. The topological polar surface area (TPSA) is 21.3 Å². The first-order chi connectivity index (χ1) is 7.36. The van der Waals surface area contributed by atoms with Gasteiger partial charge in [-0.15, -0.1) is 0 Å². The van der Waals surface area contributed by atoms with Crippen LogP contribution in [0.1, 0.15) is 39.0 Å². The Labute approximate surface area is 98.5 Å². The number of hydrogen-bond acceptors (Lipinski definition) is 3. The Morgan fingerprint density at radius 1 is 1.47 bits per heavy atom. The van der Waals surface area contributed by atoms with Crippen molar-refractivity contribution in [3.63, 3.8) is 0 Å². The quantitative estimate of drug-likeness (QED) is 0.694. The fourth-order valence-corrected chi connectivity index (χ4v) is 2.68. The highest BCUT2D eigenvalue weighted by molar-refractivity contribution is 7.98. The lowest BCUT2D eigenvalue weighted by molar-refractivity contribution is 0.0995. The highest BCUT2D eigenvalue weighted by Gasteiger charge is 2.17. The van der Waals surface area contributed by atoms with Gasteiger partial charge in [0, 0.05) is 12.6 Å². The van der Waals surface area contributed by atoms with Crippen LogP contribution < -0.4 is 5.32 Å². The van der Waals surface area contributed by atoms with E-state index >= 15 is 0 Å². The van der Waals surface area contributed by atoms with Gasteiger partial charge in [-0.25, -0.2) is 0 Å². The molecule has 1 aliphatic heterocycles. The van der Waals surface area contributed by atoms with Gasteiger partial charge < -0.3 is 10.1 Å². The second-order valence-electron chi connectivity index (χ2n) is 4.25. The Morgan fingerprint density at radius 3 is 2.93 bits per heavy atom. The Hall–Kier alpha value is 0.270. The molecule has 3 heteroatoms. The second kappa shape index (κ2) is 8.43. The molecule has 90 valence electrons. The van der Waals surface area contributed by atoms with Crippen molar-refractivity contribution in [3.05, 3.63) is 0 Å². The predicted molar refractivity (Wildman–Crippen MR) is 68.7 cm³/mol. The molecule has 0 aliphatic carbocycles. The molecule has 1 fully saturated rings. The van der Waals surface area contributed by atoms with Crippen molar-refractivity contribution in [2.24, 2.45) is 0 Å². The van der Waals surface area contributed by atoms with Crippen LogP contribution in [0.5, 0.6) is 0 Å². The molecule has 2 unspecified atom stereocenters. The summed E-state index contributed by atoms with van der Waals surface area (Å²) in [5, 5.41) is 3.57. The van der Waals surface area contributed by atoms with Crippen LogP contribution in [0, 0.1) is 0 Å². The summed E-state index contributed by atoms with van der Waals surface area (Å²) in [6.07, 6.45) is 9.10. The first kappa shape index (κ1) is 13.3. The van der Waals surface area contributed by atoms with Crippen molar-refractivity contribution in [2.45, 2.75) is 51.2 Å². The number of ether oxygens (including phenoxy) is 1. The molecule has 15 heavy (non-hydrogen) atoms. The maximum absolute atomic E-state index is 5.65. The molecular formula is C12H25NOS. The van der Waals surface area contributed by atoms with E-state index in [1.54, 1.807) is 0 Å². The van der Waals surface area contributed by atoms with Crippen LogP contribution in [0.25, 0.3) is 0 Å². The molecule has 0 radical (unpaired) electrons. The SMILES string of the molecule is CCNC(CCSC)CCC1CCCO1. The zero-order chi connectivity index (χ0) is 10.9. The number of thioether (sulfide) groups is 1. The third-order valence-electron chi connectivity index (χ3n) is 3.02. The summed E-state index contributed by atoms with van der Waals surface area (Å²) >= 11 is 1.94. The average molecular weight is 231 g/mol. The minimum atomic E-state index is 0.556. The van der Waals surface area contributed by atoms with Gasteiger partial charge in [-0.05, 0) is 50.7 Å². The molecule has 1 N–H and O–H groups in total. The van der Waals surface area contributed by atoms with E-state index in [-0.39, 0.29) is 0 Å². The van der Waals surface area contributed by atoms with Gasteiger partial charge in [-0.3, -0.25) is 0 Å². The molecule has 2 atom stereocenters. The number of hydrogen-bond donors (Lipinski definition) is 1. The monoisotopic (exact) mass is 231 g/mol. The van der Waals surface area contributed by atoms with Crippen molar-refractivity contribution in [1.82, 2.24) is 5.32 Å². The van der Waals surface area contributed by atoms with E-state index in [0.717, 1.165) is 13.2 Å². The molecule has 1 rings (SSSR count). The van der Waals surface area contributed by atoms with Crippen LogP contribution in [-0.2, 0) is 4.74 Å². The summed E-state index contributed by atoms with van der Waals surface area (Å²) in [7, 11) is 0. The molecule has 1 saturated heterocycles. The summed E-state index contributed by atoms with van der Waals surface area (Å²) in [6.45, 7) is 4.27. The molecule has 1 aliphatic rings.